The fraction of sp³-hybridized carbons (Fsp3) is 0.412. The van der Waals surface area contributed by atoms with Gasteiger partial charge in [0.15, 0.2) is 0 Å². The molecule has 0 amide bonds. The molecule has 0 bridgehead atoms. The van der Waals surface area contributed by atoms with E-state index in [4.69, 9.17) is 9.15 Å². The Morgan fingerprint density at radius 1 is 1.22 bits per heavy atom. The van der Waals surface area contributed by atoms with Crippen LogP contribution in [0.5, 0.6) is 0 Å². The molecule has 1 atom stereocenters. The third-order valence-corrected chi connectivity index (χ3v) is 5.83. The van der Waals surface area contributed by atoms with Gasteiger partial charge in [-0.15, -0.1) is 0 Å². The Bertz CT molecular complexity index is 716. The summed E-state index contributed by atoms with van der Waals surface area (Å²) in [6.07, 6.45) is 3.37. The van der Waals surface area contributed by atoms with Gasteiger partial charge in [0.2, 0.25) is 10.0 Å². The van der Waals surface area contributed by atoms with Gasteiger partial charge >= 0.3 is 0 Å². The van der Waals surface area contributed by atoms with Crippen LogP contribution in [-0.2, 0) is 21.3 Å². The van der Waals surface area contributed by atoms with Gasteiger partial charge in [-0.2, -0.15) is 4.31 Å². The van der Waals surface area contributed by atoms with E-state index in [2.05, 4.69) is 0 Å². The highest BCUT2D eigenvalue weighted by atomic mass is 32.2. The zero-order valence-corrected chi connectivity index (χ0v) is 14.0. The van der Waals surface area contributed by atoms with Crippen molar-refractivity contribution in [2.75, 3.05) is 13.2 Å². The molecule has 1 aromatic carbocycles. The van der Waals surface area contributed by atoms with E-state index in [0.717, 1.165) is 18.4 Å². The van der Waals surface area contributed by atoms with Crippen molar-refractivity contribution in [1.29, 1.82) is 0 Å². The Hall–Kier alpha value is -1.63. The number of rotatable bonds is 6. The first-order valence-electron chi connectivity index (χ1n) is 7.76. The number of aryl methyl sites for hydroxylation is 1. The van der Waals surface area contributed by atoms with Crippen molar-refractivity contribution >= 4 is 10.0 Å². The number of hydrogen-bond donors (Lipinski definition) is 0. The standard InChI is InChI=1S/C17H21NO4S/c1-14-6-8-17(9-7-14)23(19,20)18(12-15-4-2-10-21-15)13-16-5-3-11-22-16/h2,4,6-10,16H,3,5,11-13H2,1H3. The molecule has 0 saturated carbocycles. The summed E-state index contributed by atoms with van der Waals surface area (Å²) in [5, 5.41) is 0. The Morgan fingerprint density at radius 2 is 2.00 bits per heavy atom. The van der Waals surface area contributed by atoms with Crippen LogP contribution in [0.25, 0.3) is 0 Å². The molecule has 1 aliphatic rings. The summed E-state index contributed by atoms with van der Waals surface area (Å²) in [4.78, 5) is 0.299. The van der Waals surface area contributed by atoms with Crippen molar-refractivity contribution in [2.45, 2.75) is 37.3 Å². The van der Waals surface area contributed by atoms with Gasteiger partial charge in [-0.25, -0.2) is 8.42 Å². The average Bonchev–Trinajstić information content (AvgIpc) is 3.20. The van der Waals surface area contributed by atoms with Gasteiger partial charge in [0.05, 0.1) is 23.8 Å². The summed E-state index contributed by atoms with van der Waals surface area (Å²) in [7, 11) is -3.59. The number of ether oxygens (including phenoxy) is 1. The van der Waals surface area contributed by atoms with Gasteiger partial charge in [0, 0.05) is 13.2 Å². The van der Waals surface area contributed by atoms with Crippen LogP contribution < -0.4 is 0 Å². The maximum absolute atomic E-state index is 13.0. The van der Waals surface area contributed by atoms with Gasteiger partial charge in [0.25, 0.3) is 0 Å². The predicted octanol–water partition coefficient (Wildman–Crippen LogP) is 2.96. The van der Waals surface area contributed by atoms with E-state index in [0.29, 0.717) is 23.8 Å². The van der Waals surface area contributed by atoms with Gasteiger partial charge in [-0.1, -0.05) is 17.7 Å². The van der Waals surface area contributed by atoms with E-state index in [1.807, 2.05) is 19.1 Å². The number of nitrogens with zero attached hydrogens (tertiary/aromatic N) is 1. The Labute approximate surface area is 136 Å². The average molecular weight is 335 g/mol. The minimum Gasteiger partial charge on any atom is -0.468 e. The molecule has 5 nitrogen and oxygen atoms in total. The molecule has 0 radical (unpaired) electrons. The Kier molecular flexibility index (Phi) is 4.84. The molecular formula is C17H21NO4S. The van der Waals surface area contributed by atoms with Crippen LogP contribution in [0.1, 0.15) is 24.2 Å². The number of furan rings is 1. The fourth-order valence-corrected chi connectivity index (χ4v) is 4.14. The maximum atomic E-state index is 13.0. The lowest BCUT2D eigenvalue weighted by Crippen LogP contribution is -2.36. The molecule has 1 fully saturated rings. The highest BCUT2D eigenvalue weighted by Crippen LogP contribution is 2.22. The lowest BCUT2D eigenvalue weighted by atomic mass is 10.2. The summed E-state index contributed by atoms with van der Waals surface area (Å²) >= 11 is 0. The predicted molar refractivity (Wildman–Crippen MR) is 86.5 cm³/mol. The first kappa shape index (κ1) is 16.2. The first-order valence-corrected chi connectivity index (χ1v) is 9.20. The third kappa shape index (κ3) is 3.83. The van der Waals surface area contributed by atoms with Crippen LogP contribution in [0.4, 0.5) is 0 Å². The second-order valence-corrected chi connectivity index (χ2v) is 7.76. The largest absolute Gasteiger partial charge is 0.468 e. The highest BCUT2D eigenvalue weighted by Gasteiger charge is 2.29. The van der Waals surface area contributed by atoms with Crippen molar-refractivity contribution in [2.24, 2.45) is 0 Å². The number of hydrogen-bond acceptors (Lipinski definition) is 4. The summed E-state index contributed by atoms with van der Waals surface area (Å²) in [5.41, 5.74) is 1.03. The minimum atomic E-state index is -3.59. The first-order chi connectivity index (χ1) is 11.1. The molecule has 1 aliphatic heterocycles. The Balaban J connectivity index is 1.87. The van der Waals surface area contributed by atoms with Gasteiger partial charge in [-0.05, 0) is 44.0 Å². The fourth-order valence-electron chi connectivity index (χ4n) is 2.70. The van der Waals surface area contributed by atoms with Crippen LogP contribution in [-0.4, -0.2) is 32.0 Å². The second-order valence-electron chi connectivity index (χ2n) is 5.83. The molecular weight excluding hydrogens is 314 g/mol. The molecule has 0 aliphatic carbocycles. The smallest absolute Gasteiger partial charge is 0.243 e. The lowest BCUT2D eigenvalue weighted by molar-refractivity contribution is 0.0914. The van der Waals surface area contributed by atoms with Crippen LogP contribution in [0.2, 0.25) is 0 Å². The number of sulfonamides is 1. The molecule has 6 heteroatoms. The number of benzene rings is 1. The third-order valence-electron chi connectivity index (χ3n) is 4.00. The zero-order chi connectivity index (χ0) is 16.3. The summed E-state index contributed by atoms with van der Waals surface area (Å²) in [6, 6.07) is 10.5. The molecule has 1 saturated heterocycles. The van der Waals surface area contributed by atoms with Crippen LogP contribution in [0.3, 0.4) is 0 Å². The van der Waals surface area contributed by atoms with E-state index >= 15 is 0 Å². The minimum absolute atomic E-state index is 0.0508. The topological polar surface area (TPSA) is 59.8 Å². The van der Waals surface area contributed by atoms with Crippen molar-refractivity contribution in [3.63, 3.8) is 0 Å². The highest BCUT2D eigenvalue weighted by molar-refractivity contribution is 7.89. The van der Waals surface area contributed by atoms with Crippen molar-refractivity contribution < 1.29 is 17.6 Å². The molecule has 0 N–H and O–H groups in total. The SMILES string of the molecule is Cc1ccc(S(=O)(=O)N(Cc2ccco2)CC2CCCO2)cc1. The van der Waals surface area contributed by atoms with Gasteiger partial charge in [-0.3, -0.25) is 0 Å². The molecule has 23 heavy (non-hydrogen) atoms. The second kappa shape index (κ2) is 6.86. The summed E-state index contributed by atoms with van der Waals surface area (Å²) < 4.78 is 38.4. The summed E-state index contributed by atoms with van der Waals surface area (Å²) in [6.45, 7) is 3.19. The van der Waals surface area contributed by atoms with Gasteiger partial charge < -0.3 is 9.15 Å². The summed E-state index contributed by atoms with van der Waals surface area (Å²) in [5.74, 6) is 0.624. The molecule has 3 rings (SSSR count). The lowest BCUT2D eigenvalue weighted by Gasteiger charge is -2.24. The van der Waals surface area contributed by atoms with Crippen LogP contribution in [0.15, 0.2) is 52.0 Å². The van der Waals surface area contributed by atoms with Crippen molar-refractivity contribution in [1.82, 2.24) is 4.31 Å². The van der Waals surface area contributed by atoms with E-state index in [9.17, 15) is 8.42 Å². The van der Waals surface area contributed by atoms with Crippen molar-refractivity contribution in [3.05, 3.63) is 54.0 Å². The zero-order valence-electron chi connectivity index (χ0n) is 13.1. The van der Waals surface area contributed by atoms with Gasteiger partial charge in [0.1, 0.15) is 5.76 Å². The van der Waals surface area contributed by atoms with Crippen LogP contribution in [0, 0.1) is 6.92 Å². The molecule has 1 aromatic heterocycles. The maximum Gasteiger partial charge on any atom is 0.243 e. The molecule has 2 heterocycles. The normalized spacial score (nSPS) is 18.6. The van der Waals surface area contributed by atoms with E-state index in [1.165, 1.54) is 4.31 Å². The molecule has 0 spiro atoms. The Morgan fingerprint density at radius 3 is 2.61 bits per heavy atom. The molecule has 124 valence electrons. The monoisotopic (exact) mass is 335 g/mol. The van der Waals surface area contributed by atoms with Crippen LogP contribution >= 0.6 is 0 Å². The van der Waals surface area contributed by atoms with Crippen molar-refractivity contribution in [3.8, 4) is 0 Å². The van der Waals surface area contributed by atoms with E-state index in [1.54, 1.807) is 30.5 Å². The molecule has 2 aromatic rings. The van der Waals surface area contributed by atoms with E-state index < -0.39 is 10.0 Å². The quantitative estimate of drug-likeness (QED) is 0.814. The molecule has 1 unspecified atom stereocenters. The van der Waals surface area contributed by atoms with E-state index in [-0.39, 0.29) is 12.6 Å².